The number of carbonyl (C=O) groups is 1. The summed E-state index contributed by atoms with van der Waals surface area (Å²) in [5.74, 6) is -1.78. The summed E-state index contributed by atoms with van der Waals surface area (Å²) in [5, 5.41) is 11.0. The van der Waals surface area contributed by atoms with Crippen LogP contribution in [-0.4, -0.2) is 32.0 Å². The van der Waals surface area contributed by atoms with Crippen molar-refractivity contribution in [1.29, 1.82) is 0 Å². The molecule has 2 aromatic carbocycles. The molecule has 0 aliphatic rings. The number of hydrogen-bond acceptors (Lipinski definition) is 6. The van der Waals surface area contributed by atoms with E-state index in [2.05, 4.69) is 4.74 Å². The molecule has 0 aromatic heterocycles. The van der Waals surface area contributed by atoms with Gasteiger partial charge in [-0.3, -0.25) is 14.9 Å². The molecule has 0 atom stereocenters. The van der Waals surface area contributed by atoms with Gasteiger partial charge in [-0.25, -0.2) is 13.1 Å². The molecular formula is C16H13F3N2O6S. The number of rotatable bonds is 6. The van der Waals surface area contributed by atoms with Crippen LogP contribution in [-0.2, 0) is 10.0 Å². The zero-order chi connectivity index (χ0) is 21.1. The van der Waals surface area contributed by atoms with E-state index < -0.39 is 55.5 Å². The van der Waals surface area contributed by atoms with Crippen molar-refractivity contribution in [3.05, 3.63) is 63.7 Å². The first kappa shape index (κ1) is 21.2. The Morgan fingerprint density at radius 1 is 1.21 bits per heavy atom. The van der Waals surface area contributed by atoms with Crippen LogP contribution in [0.5, 0.6) is 5.75 Å². The standard InChI is InChI=1S/C16H13F3N2O6S/c1-10-6-7-13(27-9-16(17,18)19)11(8-10)15(22)20-28(25,26)14-5-3-2-4-12(14)21(23)24/h2-8H,9H2,1H3,(H,20,22). The van der Waals surface area contributed by atoms with Crippen LogP contribution >= 0.6 is 0 Å². The van der Waals surface area contributed by atoms with E-state index in [-0.39, 0.29) is 0 Å². The van der Waals surface area contributed by atoms with Gasteiger partial charge in [0, 0.05) is 6.07 Å². The predicted molar refractivity (Wildman–Crippen MR) is 90.5 cm³/mol. The fourth-order valence-corrected chi connectivity index (χ4v) is 3.31. The van der Waals surface area contributed by atoms with Gasteiger partial charge in [0.15, 0.2) is 11.5 Å². The van der Waals surface area contributed by atoms with Gasteiger partial charge in [0.1, 0.15) is 5.75 Å². The number of nitro groups is 1. The van der Waals surface area contributed by atoms with Crippen molar-refractivity contribution < 1.29 is 36.0 Å². The Bertz CT molecular complexity index is 1020. The van der Waals surface area contributed by atoms with E-state index >= 15 is 0 Å². The van der Waals surface area contributed by atoms with Crippen molar-refractivity contribution in [3.8, 4) is 5.75 Å². The van der Waals surface area contributed by atoms with E-state index in [0.29, 0.717) is 5.56 Å². The normalized spacial score (nSPS) is 11.7. The van der Waals surface area contributed by atoms with Crippen molar-refractivity contribution in [3.63, 3.8) is 0 Å². The molecule has 0 fully saturated rings. The molecule has 1 amide bonds. The van der Waals surface area contributed by atoms with Crippen LogP contribution in [0.2, 0.25) is 0 Å². The van der Waals surface area contributed by atoms with Crippen molar-refractivity contribution in [1.82, 2.24) is 4.72 Å². The second kappa shape index (κ2) is 7.84. The molecule has 0 aliphatic carbocycles. The van der Waals surface area contributed by atoms with Crippen LogP contribution in [0.3, 0.4) is 0 Å². The Kier molecular flexibility index (Phi) is 5.92. The number of sulfonamides is 1. The summed E-state index contributed by atoms with van der Waals surface area (Å²) in [6.07, 6.45) is -4.67. The molecule has 28 heavy (non-hydrogen) atoms. The molecule has 0 radical (unpaired) electrons. The lowest BCUT2D eigenvalue weighted by Gasteiger charge is -2.14. The Hall–Kier alpha value is -3.15. The summed E-state index contributed by atoms with van der Waals surface area (Å²) in [6.45, 7) is -0.159. The van der Waals surface area contributed by atoms with Crippen LogP contribution in [0.25, 0.3) is 0 Å². The molecule has 0 saturated carbocycles. The number of carbonyl (C=O) groups excluding carboxylic acids is 1. The summed E-state index contributed by atoms with van der Waals surface area (Å²) in [7, 11) is -4.68. The monoisotopic (exact) mass is 418 g/mol. The number of alkyl halides is 3. The van der Waals surface area contributed by atoms with Crippen LogP contribution in [0.4, 0.5) is 18.9 Å². The average molecular weight is 418 g/mol. The number of para-hydroxylation sites is 1. The Balaban J connectivity index is 2.37. The number of ether oxygens (including phenoxy) is 1. The van der Waals surface area contributed by atoms with Crippen molar-refractivity contribution >= 4 is 21.6 Å². The molecule has 8 nitrogen and oxygen atoms in total. The molecule has 12 heteroatoms. The number of nitrogens with one attached hydrogen (secondary N) is 1. The molecule has 2 aromatic rings. The summed E-state index contributed by atoms with van der Waals surface area (Å²) >= 11 is 0. The number of halogens is 3. The highest BCUT2D eigenvalue weighted by Crippen LogP contribution is 2.26. The zero-order valence-electron chi connectivity index (χ0n) is 14.2. The highest BCUT2D eigenvalue weighted by molar-refractivity contribution is 7.90. The first-order valence-corrected chi connectivity index (χ1v) is 9.00. The van der Waals surface area contributed by atoms with E-state index in [4.69, 9.17) is 0 Å². The zero-order valence-corrected chi connectivity index (χ0v) is 15.0. The smallest absolute Gasteiger partial charge is 0.422 e. The van der Waals surface area contributed by atoms with Crippen LogP contribution in [0.15, 0.2) is 47.4 Å². The van der Waals surface area contributed by atoms with Crippen LogP contribution in [0, 0.1) is 17.0 Å². The molecule has 0 bridgehead atoms. The second-order valence-corrected chi connectivity index (χ2v) is 7.21. The van der Waals surface area contributed by atoms with Crippen LogP contribution in [0.1, 0.15) is 15.9 Å². The van der Waals surface area contributed by atoms with E-state index in [9.17, 15) is 36.5 Å². The number of nitro benzene ring substituents is 1. The van der Waals surface area contributed by atoms with Gasteiger partial charge < -0.3 is 4.74 Å². The number of benzene rings is 2. The predicted octanol–water partition coefficient (Wildman–Crippen LogP) is 2.96. The molecule has 1 N–H and O–H groups in total. The van der Waals surface area contributed by atoms with E-state index in [0.717, 1.165) is 24.3 Å². The van der Waals surface area contributed by atoms with Gasteiger partial charge >= 0.3 is 6.18 Å². The minimum atomic E-state index is -4.68. The number of hydrogen-bond donors (Lipinski definition) is 1. The van der Waals surface area contributed by atoms with Gasteiger partial charge in [-0.15, -0.1) is 0 Å². The maximum atomic E-state index is 12.4. The lowest BCUT2D eigenvalue weighted by molar-refractivity contribution is -0.387. The highest BCUT2D eigenvalue weighted by Gasteiger charge is 2.31. The average Bonchev–Trinajstić information content (AvgIpc) is 2.59. The third kappa shape index (κ3) is 5.19. The Morgan fingerprint density at radius 3 is 2.46 bits per heavy atom. The molecule has 150 valence electrons. The summed E-state index contributed by atoms with van der Waals surface area (Å²) in [6, 6.07) is 7.91. The first-order valence-electron chi connectivity index (χ1n) is 7.51. The summed E-state index contributed by atoms with van der Waals surface area (Å²) in [5.41, 5.74) is -0.778. The quantitative estimate of drug-likeness (QED) is 0.570. The Morgan fingerprint density at radius 2 is 1.86 bits per heavy atom. The van der Waals surface area contributed by atoms with E-state index in [1.807, 2.05) is 0 Å². The minimum absolute atomic E-state index is 0.451. The molecule has 2 rings (SSSR count). The van der Waals surface area contributed by atoms with Gasteiger partial charge in [-0.05, 0) is 25.1 Å². The molecule has 0 unspecified atom stereocenters. The van der Waals surface area contributed by atoms with Gasteiger partial charge in [0.2, 0.25) is 0 Å². The van der Waals surface area contributed by atoms with Gasteiger partial charge in [0.25, 0.3) is 21.6 Å². The van der Waals surface area contributed by atoms with Gasteiger partial charge in [-0.2, -0.15) is 13.2 Å². The van der Waals surface area contributed by atoms with Crippen molar-refractivity contribution in [2.24, 2.45) is 0 Å². The van der Waals surface area contributed by atoms with Gasteiger partial charge in [0.05, 0.1) is 10.5 Å². The third-order valence-corrected chi connectivity index (χ3v) is 4.73. The van der Waals surface area contributed by atoms with Gasteiger partial charge in [-0.1, -0.05) is 23.8 Å². The third-order valence-electron chi connectivity index (χ3n) is 3.35. The topological polar surface area (TPSA) is 116 Å². The minimum Gasteiger partial charge on any atom is -0.483 e. The first-order chi connectivity index (χ1) is 12.9. The molecule has 0 spiro atoms. The lowest BCUT2D eigenvalue weighted by Crippen LogP contribution is -2.31. The molecule has 0 aliphatic heterocycles. The maximum absolute atomic E-state index is 12.4. The Labute approximate surface area is 157 Å². The van der Waals surface area contributed by atoms with E-state index in [1.165, 1.54) is 25.1 Å². The van der Waals surface area contributed by atoms with Crippen molar-refractivity contribution in [2.75, 3.05) is 6.61 Å². The highest BCUT2D eigenvalue weighted by atomic mass is 32.2. The fourth-order valence-electron chi connectivity index (χ4n) is 2.17. The largest absolute Gasteiger partial charge is 0.483 e. The number of nitrogens with zero attached hydrogens (tertiary/aromatic N) is 1. The van der Waals surface area contributed by atoms with E-state index in [1.54, 1.807) is 4.72 Å². The maximum Gasteiger partial charge on any atom is 0.422 e. The fraction of sp³-hybridized carbons (Fsp3) is 0.188. The number of amides is 1. The SMILES string of the molecule is Cc1ccc(OCC(F)(F)F)c(C(=O)NS(=O)(=O)c2ccccc2[N+](=O)[O-])c1. The number of aryl methyl sites for hydroxylation is 1. The molecule has 0 heterocycles. The lowest BCUT2D eigenvalue weighted by atomic mass is 10.1. The van der Waals surface area contributed by atoms with Crippen LogP contribution < -0.4 is 9.46 Å². The van der Waals surface area contributed by atoms with Crippen molar-refractivity contribution in [2.45, 2.75) is 18.0 Å². The molecule has 0 saturated heterocycles. The second-order valence-electron chi connectivity index (χ2n) is 5.56. The molecular weight excluding hydrogens is 405 g/mol. The summed E-state index contributed by atoms with van der Waals surface area (Å²) in [4.78, 5) is 21.7. The summed E-state index contributed by atoms with van der Waals surface area (Å²) < 4.78 is 68.1.